The number of carbonyl (C=O) groups is 2. The molecule has 9 heteroatoms. The zero-order chi connectivity index (χ0) is 19.9. The minimum absolute atomic E-state index is 0.110. The van der Waals surface area contributed by atoms with Gasteiger partial charge in [0.15, 0.2) is 11.6 Å². The minimum atomic E-state index is -1.03. The predicted octanol–water partition coefficient (Wildman–Crippen LogP) is 2.25. The van der Waals surface area contributed by atoms with E-state index in [1.165, 1.54) is 11.0 Å². The average molecular weight is 377 g/mol. The van der Waals surface area contributed by atoms with Crippen LogP contribution in [0.2, 0.25) is 0 Å². The maximum Gasteiger partial charge on any atom is 0.315 e. The summed E-state index contributed by atoms with van der Waals surface area (Å²) < 4.78 is 28.7. The fraction of sp³-hybridized carbons (Fsp3) is 0.389. The van der Waals surface area contributed by atoms with Crippen LogP contribution < -0.4 is 11.1 Å². The third-order valence-electron chi connectivity index (χ3n) is 4.20. The molecule has 144 valence electrons. The smallest absolute Gasteiger partial charge is 0.315 e. The number of halogens is 2. The van der Waals surface area contributed by atoms with Crippen molar-refractivity contribution in [1.82, 2.24) is 20.0 Å². The summed E-state index contributed by atoms with van der Waals surface area (Å²) in [5.74, 6) is -2.42. The van der Waals surface area contributed by atoms with E-state index >= 15 is 0 Å². The van der Waals surface area contributed by atoms with E-state index in [2.05, 4.69) is 10.4 Å². The molecule has 1 aliphatic heterocycles. The van der Waals surface area contributed by atoms with Crippen LogP contribution in [-0.2, 0) is 13.1 Å². The van der Waals surface area contributed by atoms with Gasteiger partial charge < -0.3 is 16.0 Å². The number of nitrogens with one attached hydrogen (secondary N) is 1. The molecule has 7 nitrogen and oxygen atoms in total. The Hall–Kier alpha value is -2.97. The van der Waals surface area contributed by atoms with Crippen LogP contribution in [0, 0.1) is 11.6 Å². The van der Waals surface area contributed by atoms with Crippen molar-refractivity contribution in [3.63, 3.8) is 0 Å². The van der Waals surface area contributed by atoms with Crippen LogP contribution >= 0.6 is 0 Å². The lowest BCUT2D eigenvalue weighted by Crippen LogP contribution is -2.44. The van der Waals surface area contributed by atoms with Crippen LogP contribution in [0.15, 0.2) is 18.2 Å². The van der Waals surface area contributed by atoms with E-state index in [1.54, 1.807) is 4.68 Å². The number of amides is 3. The normalized spacial score (nSPS) is 14.0. The molecule has 3 amide bonds. The van der Waals surface area contributed by atoms with Gasteiger partial charge in [0.05, 0.1) is 24.3 Å². The van der Waals surface area contributed by atoms with Gasteiger partial charge in [0.2, 0.25) is 0 Å². The lowest BCUT2D eigenvalue weighted by atomic mass is 10.0. The van der Waals surface area contributed by atoms with Gasteiger partial charge in [-0.1, -0.05) is 0 Å². The van der Waals surface area contributed by atoms with Crippen LogP contribution in [0.5, 0.6) is 0 Å². The van der Waals surface area contributed by atoms with Gasteiger partial charge in [0.25, 0.3) is 5.91 Å². The molecule has 2 heterocycles. The maximum absolute atomic E-state index is 13.7. The molecular formula is C18H21F2N5O2. The number of hydrogen-bond donors (Lipinski definition) is 2. The second kappa shape index (κ2) is 6.64. The third kappa shape index (κ3) is 3.76. The lowest BCUT2D eigenvalue weighted by Gasteiger charge is -2.27. The maximum atomic E-state index is 13.7. The molecule has 0 bridgehead atoms. The molecule has 3 N–H and O–H groups in total. The summed E-state index contributed by atoms with van der Waals surface area (Å²) in [5, 5.41) is 7.28. The summed E-state index contributed by atoms with van der Waals surface area (Å²) in [7, 11) is 0. The van der Waals surface area contributed by atoms with Gasteiger partial charge in [-0.3, -0.25) is 9.48 Å². The first-order valence-corrected chi connectivity index (χ1v) is 8.49. The molecule has 0 saturated heterocycles. The highest BCUT2D eigenvalue weighted by Crippen LogP contribution is 2.29. The molecule has 0 unspecified atom stereocenters. The fourth-order valence-corrected chi connectivity index (χ4v) is 2.99. The van der Waals surface area contributed by atoms with Gasteiger partial charge in [0, 0.05) is 17.6 Å². The number of hydrogen-bond acceptors (Lipinski definition) is 3. The highest BCUT2D eigenvalue weighted by atomic mass is 19.2. The Balaban J connectivity index is 2.14. The van der Waals surface area contributed by atoms with Crippen LogP contribution in [0.4, 0.5) is 13.6 Å². The lowest BCUT2D eigenvalue weighted by molar-refractivity contribution is 0.0916. The van der Waals surface area contributed by atoms with Gasteiger partial charge in [0.1, 0.15) is 5.69 Å². The van der Waals surface area contributed by atoms with Crippen molar-refractivity contribution in [2.75, 3.05) is 6.54 Å². The molecule has 1 aromatic carbocycles. The Bertz CT molecular complexity index is 917. The number of primary amides is 1. The van der Waals surface area contributed by atoms with Crippen LogP contribution in [-0.4, -0.2) is 38.7 Å². The zero-order valence-electron chi connectivity index (χ0n) is 15.3. The minimum Gasteiger partial charge on any atom is -0.351 e. The van der Waals surface area contributed by atoms with E-state index in [-0.39, 0.29) is 23.4 Å². The second-order valence-corrected chi connectivity index (χ2v) is 7.49. The Morgan fingerprint density at radius 1 is 1.19 bits per heavy atom. The summed E-state index contributed by atoms with van der Waals surface area (Å²) in [5.41, 5.74) is 6.09. The van der Waals surface area contributed by atoms with Crippen molar-refractivity contribution < 1.29 is 18.4 Å². The molecular weight excluding hydrogens is 356 g/mol. The standard InChI is InChI=1S/C18H21F2N5O2/c1-18(2,3)22-16(26)14-13-9-24(17(21)27)6-7-25(13)23-15(14)10-4-5-11(19)12(20)8-10/h4-5,8H,6-7,9H2,1-3H3,(H2,21,27)(H,22,26). The van der Waals surface area contributed by atoms with E-state index in [0.717, 1.165) is 12.1 Å². The molecule has 1 aliphatic rings. The van der Waals surface area contributed by atoms with Crippen LogP contribution in [0.25, 0.3) is 11.3 Å². The summed E-state index contributed by atoms with van der Waals surface area (Å²) >= 11 is 0. The van der Waals surface area contributed by atoms with Crippen molar-refractivity contribution in [2.45, 2.75) is 39.4 Å². The molecule has 0 radical (unpaired) electrons. The highest BCUT2D eigenvalue weighted by Gasteiger charge is 2.31. The predicted molar refractivity (Wildman–Crippen MR) is 94.8 cm³/mol. The first-order chi connectivity index (χ1) is 12.6. The summed E-state index contributed by atoms with van der Waals surface area (Å²) in [6.45, 7) is 6.29. The number of nitrogens with zero attached hydrogens (tertiary/aromatic N) is 3. The monoisotopic (exact) mass is 377 g/mol. The number of rotatable bonds is 2. The van der Waals surface area contributed by atoms with Gasteiger partial charge in [-0.25, -0.2) is 13.6 Å². The molecule has 1 aromatic heterocycles. The number of fused-ring (bicyclic) bond motifs is 1. The number of nitrogens with two attached hydrogens (primary N) is 1. The van der Waals surface area contributed by atoms with Crippen molar-refractivity contribution in [1.29, 1.82) is 0 Å². The highest BCUT2D eigenvalue weighted by molar-refractivity contribution is 6.01. The second-order valence-electron chi connectivity index (χ2n) is 7.49. The van der Waals surface area contributed by atoms with E-state index in [0.29, 0.717) is 18.8 Å². The number of carbonyl (C=O) groups excluding carboxylic acids is 2. The van der Waals surface area contributed by atoms with Gasteiger partial charge in [-0.05, 0) is 39.0 Å². The summed E-state index contributed by atoms with van der Waals surface area (Å²) in [4.78, 5) is 25.9. The third-order valence-corrected chi connectivity index (χ3v) is 4.20. The van der Waals surface area contributed by atoms with E-state index < -0.39 is 29.1 Å². The Morgan fingerprint density at radius 2 is 1.89 bits per heavy atom. The Labute approximate surface area is 155 Å². The average Bonchev–Trinajstić information content (AvgIpc) is 2.94. The first kappa shape index (κ1) is 18.8. The molecule has 0 saturated carbocycles. The largest absolute Gasteiger partial charge is 0.351 e. The van der Waals surface area contributed by atoms with Crippen molar-refractivity contribution >= 4 is 11.9 Å². The Morgan fingerprint density at radius 3 is 2.48 bits per heavy atom. The topological polar surface area (TPSA) is 93.2 Å². The van der Waals surface area contributed by atoms with E-state index in [1.807, 2.05) is 20.8 Å². The van der Waals surface area contributed by atoms with Gasteiger partial charge in [-0.15, -0.1) is 0 Å². The summed E-state index contributed by atoms with van der Waals surface area (Å²) in [6, 6.07) is 2.76. The first-order valence-electron chi connectivity index (χ1n) is 8.49. The molecule has 0 aliphatic carbocycles. The van der Waals surface area contributed by atoms with E-state index in [4.69, 9.17) is 5.73 Å². The molecule has 27 heavy (non-hydrogen) atoms. The van der Waals surface area contributed by atoms with Crippen molar-refractivity contribution in [3.05, 3.63) is 41.1 Å². The molecule has 0 atom stereocenters. The summed E-state index contributed by atoms with van der Waals surface area (Å²) in [6.07, 6.45) is 0. The molecule has 0 fully saturated rings. The number of benzene rings is 1. The van der Waals surface area contributed by atoms with Crippen LogP contribution in [0.1, 0.15) is 36.8 Å². The Kier molecular flexibility index (Phi) is 4.63. The van der Waals surface area contributed by atoms with Gasteiger partial charge in [-0.2, -0.15) is 5.10 Å². The van der Waals surface area contributed by atoms with Crippen molar-refractivity contribution in [2.24, 2.45) is 5.73 Å². The van der Waals surface area contributed by atoms with Gasteiger partial charge >= 0.3 is 6.03 Å². The molecule has 0 spiro atoms. The van der Waals surface area contributed by atoms with Crippen molar-refractivity contribution in [3.8, 4) is 11.3 Å². The SMILES string of the molecule is CC(C)(C)NC(=O)c1c(-c2ccc(F)c(F)c2)nn2c1CN(C(N)=O)CC2. The zero-order valence-corrected chi connectivity index (χ0v) is 15.3. The molecule has 3 rings (SSSR count). The quantitative estimate of drug-likeness (QED) is 0.841. The number of urea groups is 1. The molecule has 2 aromatic rings. The van der Waals surface area contributed by atoms with Crippen LogP contribution in [0.3, 0.4) is 0 Å². The van der Waals surface area contributed by atoms with E-state index in [9.17, 15) is 18.4 Å². The fourth-order valence-electron chi connectivity index (χ4n) is 2.99. The number of aromatic nitrogens is 2.